The maximum atomic E-state index is 13.9. The van der Waals surface area contributed by atoms with Crippen molar-refractivity contribution in [3.05, 3.63) is 131 Å². The van der Waals surface area contributed by atoms with Crippen molar-refractivity contribution >= 4 is 8.32 Å². The van der Waals surface area contributed by atoms with E-state index in [4.69, 9.17) is 23.4 Å². The quantitative estimate of drug-likeness (QED) is 0.132. The van der Waals surface area contributed by atoms with E-state index in [9.17, 15) is 9.50 Å². The fourth-order valence-corrected chi connectivity index (χ4v) is 7.02. The zero-order chi connectivity index (χ0) is 33.1. The molecule has 1 N–H and O–H groups in total. The first-order valence-corrected chi connectivity index (χ1v) is 18.6. The summed E-state index contributed by atoms with van der Waals surface area (Å²) in [6.45, 7) is 10.8. The molecule has 6 nitrogen and oxygen atoms in total. The zero-order valence-corrected chi connectivity index (χ0v) is 28.7. The van der Waals surface area contributed by atoms with Gasteiger partial charge in [0.05, 0.1) is 20.8 Å². The topological polar surface area (TPSA) is 66.4 Å². The standard InChI is InChI=1S/C38H45FO6Si/c1-37(2,3)46(6,7)45-36-34(40)33(44-35(36)26-13-19-30(39)20-14-26)25-43-38(27-11-9-8-10-12-27,28-15-21-31(41-4)22-16-28)29-17-23-32(42-5)24-18-29/h8-24,33-36,40H,25H2,1-7H3/t33-,34-,35+,36-/m1/s1. The highest BCUT2D eigenvalue weighted by Gasteiger charge is 2.51. The Morgan fingerprint density at radius 2 is 1.24 bits per heavy atom. The van der Waals surface area contributed by atoms with Crippen molar-refractivity contribution in [2.45, 2.75) is 68.9 Å². The second-order valence-electron chi connectivity index (χ2n) is 13.3. The molecule has 4 aromatic rings. The molecule has 1 saturated heterocycles. The Kier molecular flexibility index (Phi) is 10.1. The molecule has 0 amide bonds. The van der Waals surface area contributed by atoms with Gasteiger partial charge >= 0.3 is 0 Å². The lowest BCUT2D eigenvalue weighted by Crippen LogP contribution is -2.48. The van der Waals surface area contributed by atoms with Gasteiger partial charge in [0.15, 0.2) is 8.32 Å². The van der Waals surface area contributed by atoms with Gasteiger partial charge in [-0.2, -0.15) is 0 Å². The Hall–Kier alpha value is -3.53. The van der Waals surface area contributed by atoms with Crippen LogP contribution in [-0.2, 0) is 19.5 Å². The summed E-state index contributed by atoms with van der Waals surface area (Å²) < 4.78 is 45.4. The number of hydrogen-bond acceptors (Lipinski definition) is 6. The first kappa shape index (κ1) is 33.8. The van der Waals surface area contributed by atoms with Gasteiger partial charge in [-0.1, -0.05) is 87.5 Å². The van der Waals surface area contributed by atoms with Crippen LogP contribution >= 0.6 is 0 Å². The van der Waals surface area contributed by atoms with E-state index in [-0.39, 0.29) is 17.5 Å². The molecule has 0 spiro atoms. The molecule has 46 heavy (non-hydrogen) atoms. The molecular formula is C38H45FO6Si. The van der Waals surface area contributed by atoms with Crippen LogP contribution in [0.4, 0.5) is 4.39 Å². The van der Waals surface area contributed by atoms with Gasteiger partial charge in [-0.05, 0) is 76.8 Å². The summed E-state index contributed by atoms with van der Waals surface area (Å²) in [7, 11) is 0.933. The fraction of sp³-hybridized carbons (Fsp3) is 0.368. The van der Waals surface area contributed by atoms with Gasteiger partial charge in [-0.3, -0.25) is 0 Å². The number of benzene rings is 4. The highest BCUT2D eigenvalue weighted by atomic mass is 28.4. The molecule has 1 aliphatic heterocycles. The Labute approximate surface area is 273 Å². The molecule has 1 fully saturated rings. The van der Waals surface area contributed by atoms with Gasteiger partial charge in [0.1, 0.15) is 47.3 Å². The minimum absolute atomic E-state index is 0.0448. The Morgan fingerprint density at radius 1 is 0.739 bits per heavy atom. The largest absolute Gasteiger partial charge is 0.497 e. The molecule has 4 atom stereocenters. The molecule has 0 radical (unpaired) electrons. The van der Waals surface area contributed by atoms with Gasteiger partial charge in [0.2, 0.25) is 0 Å². The van der Waals surface area contributed by atoms with Crippen LogP contribution in [0.2, 0.25) is 18.1 Å². The summed E-state index contributed by atoms with van der Waals surface area (Å²) in [6, 6.07) is 31.8. The third-order valence-electron chi connectivity index (χ3n) is 9.41. The molecule has 0 unspecified atom stereocenters. The molecule has 0 aromatic heterocycles. The number of halogens is 1. The molecular weight excluding hydrogens is 599 g/mol. The van der Waals surface area contributed by atoms with Crippen molar-refractivity contribution in [1.29, 1.82) is 0 Å². The van der Waals surface area contributed by atoms with E-state index in [0.29, 0.717) is 0 Å². The molecule has 4 aromatic carbocycles. The van der Waals surface area contributed by atoms with Crippen LogP contribution in [0.3, 0.4) is 0 Å². The van der Waals surface area contributed by atoms with Crippen LogP contribution in [0.5, 0.6) is 11.5 Å². The van der Waals surface area contributed by atoms with Gasteiger partial charge in [-0.25, -0.2) is 4.39 Å². The lowest BCUT2D eigenvalue weighted by atomic mass is 9.80. The number of aliphatic hydroxyl groups excluding tert-OH is 1. The molecule has 1 heterocycles. The second-order valence-corrected chi connectivity index (χ2v) is 18.1. The predicted octanol–water partition coefficient (Wildman–Crippen LogP) is 8.04. The van der Waals surface area contributed by atoms with Crippen LogP contribution in [0.25, 0.3) is 0 Å². The van der Waals surface area contributed by atoms with Gasteiger partial charge in [-0.15, -0.1) is 0 Å². The number of rotatable bonds is 11. The molecule has 5 rings (SSSR count). The smallest absolute Gasteiger partial charge is 0.192 e. The Balaban J connectivity index is 1.57. The predicted molar refractivity (Wildman–Crippen MR) is 180 cm³/mol. The van der Waals surface area contributed by atoms with Crippen molar-refractivity contribution < 1.29 is 32.9 Å². The van der Waals surface area contributed by atoms with Gasteiger partial charge in [0, 0.05) is 0 Å². The van der Waals surface area contributed by atoms with Crippen LogP contribution in [0, 0.1) is 5.82 Å². The SMILES string of the molecule is COc1ccc(C(OC[C@H]2O[C@@H](c3ccc(F)cc3)[C@H](O[Si](C)(C)C(C)(C)C)[C@@H]2O)(c2ccccc2)c2ccc(OC)cc2)cc1. The first-order valence-electron chi connectivity index (χ1n) is 15.6. The van der Waals surface area contributed by atoms with Crippen molar-refractivity contribution in [2.75, 3.05) is 20.8 Å². The average molecular weight is 645 g/mol. The molecule has 244 valence electrons. The normalized spacial score (nSPS) is 20.5. The van der Waals surface area contributed by atoms with Crippen LogP contribution in [-0.4, -0.2) is 52.6 Å². The van der Waals surface area contributed by atoms with E-state index in [1.54, 1.807) is 26.4 Å². The lowest BCUT2D eigenvalue weighted by Gasteiger charge is -2.40. The minimum atomic E-state index is -2.34. The van der Waals surface area contributed by atoms with Gasteiger partial charge < -0.3 is 28.5 Å². The molecule has 1 aliphatic rings. The molecule has 0 bridgehead atoms. The van der Waals surface area contributed by atoms with E-state index in [1.807, 2.05) is 78.9 Å². The molecule has 0 saturated carbocycles. The van der Waals surface area contributed by atoms with Crippen molar-refractivity contribution in [3.8, 4) is 11.5 Å². The summed E-state index contributed by atoms with van der Waals surface area (Å²) in [5.41, 5.74) is 2.32. The Bertz CT molecular complexity index is 1510. The first-order chi connectivity index (χ1) is 21.9. The number of ether oxygens (including phenoxy) is 4. The fourth-order valence-electron chi connectivity index (χ4n) is 5.73. The van der Waals surface area contributed by atoms with Crippen molar-refractivity contribution in [2.24, 2.45) is 0 Å². The van der Waals surface area contributed by atoms with E-state index in [2.05, 4.69) is 33.9 Å². The molecule has 0 aliphatic carbocycles. The average Bonchev–Trinajstić information content (AvgIpc) is 3.36. The maximum Gasteiger partial charge on any atom is 0.192 e. The van der Waals surface area contributed by atoms with Crippen LogP contribution in [0.15, 0.2) is 103 Å². The summed E-state index contributed by atoms with van der Waals surface area (Å²) in [5, 5.41) is 11.8. The van der Waals surface area contributed by atoms with E-state index < -0.39 is 38.3 Å². The van der Waals surface area contributed by atoms with Gasteiger partial charge in [0.25, 0.3) is 0 Å². The highest BCUT2D eigenvalue weighted by molar-refractivity contribution is 6.74. The number of hydrogen-bond donors (Lipinski definition) is 1. The number of methoxy groups -OCH3 is 2. The Morgan fingerprint density at radius 3 is 1.72 bits per heavy atom. The zero-order valence-electron chi connectivity index (χ0n) is 27.7. The summed E-state index contributed by atoms with van der Waals surface area (Å²) in [6.07, 6.45) is -2.99. The van der Waals surface area contributed by atoms with E-state index in [0.717, 1.165) is 33.8 Å². The summed E-state index contributed by atoms with van der Waals surface area (Å²) in [4.78, 5) is 0. The third-order valence-corrected chi connectivity index (χ3v) is 13.9. The second kappa shape index (κ2) is 13.7. The van der Waals surface area contributed by atoms with Crippen molar-refractivity contribution in [3.63, 3.8) is 0 Å². The summed E-state index contributed by atoms with van der Waals surface area (Å²) >= 11 is 0. The van der Waals surface area contributed by atoms with Crippen molar-refractivity contribution in [1.82, 2.24) is 0 Å². The number of aliphatic hydroxyl groups is 1. The van der Waals surface area contributed by atoms with E-state index in [1.165, 1.54) is 12.1 Å². The van der Waals surface area contributed by atoms with Crippen LogP contribution in [0.1, 0.15) is 49.1 Å². The molecule has 8 heteroatoms. The monoisotopic (exact) mass is 644 g/mol. The maximum absolute atomic E-state index is 13.9. The summed E-state index contributed by atoms with van der Waals surface area (Å²) in [5.74, 6) is 1.11. The van der Waals surface area contributed by atoms with Crippen LogP contribution < -0.4 is 9.47 Å². The van der Waals surface area contributed by atoms with E-state index >= 15 is 0 Å². The lowest BCUT2D eigenvalue weighted by molar-refractivity contribution is -0.0828. The highest BCUT2D eigenvalue weighted by Crippen LogP contribution is 2.46. The minimum Gasteiger partial charge on any atom is -0.497 e. The third kappa shape index (κ3) is 6.77.